The molecular formula is C19H20N4OS. The van der Waals surface area contributed by atoms with Crippen LogP contribution >= 0.6 is 11.3 Å². The van der Waals surface area contributed by atoms with Crippen molar-refractivity contribution in [2.24, 2.45) is 0 Å². The Balaban J connectivity index is 1.70. The Morgan fingerprint density at radius 1 is 1.20 bits per heavy atom. The molecule has 3 aromatic rings. The van der Waals surface area contributed by atoms with Crippen LogP contribution in [0.25, 0.3) is 0 Å². The topological polar surface area (TPSA) is 66.9 Å². The minimum atomic E-state index is -0.118. The fourth-order valence-electron chi connectivity index (χ4n) is 2.49. The maximum Gasteiger partial charge on any atom is 0.263 e. The van der Waals surface area contributed by atoms with Gasteiger partial charge in [-0.15, -0.1) is 0 Å². The maximum absolute atomic E-state index is 12.4. The van der Waals surface area contributed by atoms with Crippen LogP contribution in [0.1, 0.15) is 32.1 Å². The maximum atomic E-state index is 12.4. The van der Waals surface area contributed by atoms with Gasteiger partial charge in [-0.25, -0.2) is 4.98 Å². The molecule has 0 spiro atoms. The number of anilines is 2. The van der Waals surface area contributed by atoms with Crippen LogP contribution in [0.2, 0.25) is 0 Å². The third kappa shape index (κ3) is 4.22. The molecule has 0 saturated heterocycles. The van der Waals surface area contributed by atoms with Crippen molar-refractivity contribution < 1.29 is 4.79 Å². The normalized spacial score (nSPS) is 10.5. The summed E-state index contributed by atoms with van der Waals surface area (Å²) in [5.74, 6) is -0.118. The van der Waals surface area contributed by atoms with E-state index in [1.807, 2.05) is 25.1 Å². The van der Waals surface area contributed by atoms with Crippen molar-refractivity contribution in [3.8, 4) is 0 Å². The van der Waals surface area contributed by atoms with Crippen molar-refractivity contribution in [1.29, 1.82) is 0 Å². The van der Waals surface area contributed by atoms with E-state index < -0.39 is 0 Å². The van der Waals surface area contributed by atoms with Crippen molar-refractivity contribution in [1.82, 2.24) is 15.3 Å². The Kier molecular flexibility index (Phi) is 5.09. The number of aromatic nitrogens is 2. The highest BCUT2D eigenvalue weighted by Crippen LogP contribution is 2.27. The predicted molar refractivity (Wildman–Crippen MR) is 101 cm³/mol. The van der Waals surface area contributed by atoms with E-state index in [0.717, 1.165) is 27.6 Å². The zero-order valence-corrected chi connectivity index (χ0v) is 15.3. The van der Waals surface area contributed by atoms with Gasteiger partial charge in [-0.2, -0.15) is 0 Å². The Morgan fingerprint density at radius 2 is 2.04 bits per heavy atom. The summed E-state index contributed by atoms with van der Waals surface area (Å²) in [7, 11) is 0. The van der Waals surface area contributed by atoms with E-state index in [4.69, 9.17) is 0 Å². The van der Waals surface area contributed by atoms with E-state index in [1.165, 1.54) is 16.9 Å². The summed E-state index contributed by atoms with van der Waals surface area (Å²) in [6.45, 7) is 6.42. The highest BCUT2D eigenvalue weighted by Gasteiger charge is 2.15. The van der Waals surface area contributed by atoms with Gasteiger partial charge in [0.05, 0.1) is 5.69 Å². The number of carbonyl (C=O) groups is 1. The first-order valence-electron chi connectivity index (χ1n) is 8.02. The quantitative estimate of drug-likeness (QED) is 0.724. The molecule has 0 radical (unpaired) electrons. The third-order valence-corrected chi connectivity index (χ3v) is 4.87. The minimum absolute atomic E-state index is 0.118. The first-order chi connectivity index (χ1) is 12.0. The lowest BCUT2D eigenvalue weighted by molar-refractivity contribution is 0.0954. The fourth-order valence-corrected chi connectivity index (χ4v) is 3.39. The van der Waals surface area contributed by atoms with E-state index in [0.29, 0.717) is 11.4 Å². The van der Waals surface area contributed by atoms with Gasteiger partial charge in [-0.05, 0) is 44.0 Å². The molecule has 0 aliphatic rings. The standard InChI is InChI=1S/C19H20N4OS/c1-12-6-7-16(13(2)9-12)23-19-22-14(3)17(25-19)18(24)21-11-15-5-4-8-20-10-15/h4-10H,11H2,1-3H3,(H,21,24)(H,22,23). The van der Waals surface area contributed by atoms with Gasteiger partial charge in [0.25, 0.3) is 5.91 Å². The second-order valence-corrected chi connectivity index (χ2v) is 6.92. The molecule has 1 aromatic carbocycles. The number of carbonyl (C=O) groups excluding carboxylic acids is 1. The summed E-state index contributed by atoms with van der Waals surface area (Å²) in [6.07, 6.45) is 3.45. The van der Waals surface area contributed by atoms with E-state index in [9.17, 15) is 4.79 Å². The summed E-state index contributed by atoms with van der Waals surface area (Å²) in [5, 5.41) is 6.94. The lowest BCUT2D eigenvalue weighted by Gasteiger charge is -2.07. The van der Waals surface area contributed by atoms with Crippen LogP contribution in [0.3, 0.4) is 0 Å². The van der Waals surface area contributed by atoms with E-state index in [1.54, 1.807) is 12.4 Å². The highest BCUT2D eigenvalue weighted by molar-refractivity contribution is 7.17. The Morgan fingerprint density at radius 3 is 2.76 bits per heavy atom. The number of thiazole rings is 1. The number of hydrogen-bond acceptors (Lipinski definition) is 5. The summed E-state index contributed by atoms with van der Waals surface area (Å²) >= 11 is 1.36. The molecule has 0 unspecified atom stereocenters. The van der Waals surface area contributed by atoms with Gasteiger partial charge in [0.2, 0.25) is 0 Å². The Labute approximate surface area is 151 Å². The van der Waals surface area contributed by atoms with Gasteiger partial charge < -0.3 is 10.6 Å². The summed E-state index contributed by atoms with van der Waals surface area (Å²) in [5.41, 5.74) is 5.05. The van der Waals surface area contributed by atoms with Crippen LogP contribution in [0, 0.1) is 20.8 Å². The van der Waals surface area contributed by atoms with E-state index in [2.05, 4.69) is 46.6 Å². The molecule has 0 aliphatic carbocycles. The lowest BCUT2D eigenvalue weighted by atomic mass is 10.1. The molecule has 25 heavy (non-hydrogen) atoms. The highest BCUT2D eigenvalue weighted by atomic mass is 32.1. The monoisotopic (exact) mass is 352 g/mol. The van der Waals surface area contributed by atoms with Gasteiger partial charge in [-0.3, -0.25) is 9.78 Å². The molecule has 128 valence electrons. The van der Waals surface area contributed by atoms with Crippen LogP contribution in [0.4, 0.5) is 10.8 Å². The van der Waals surface area contributed by atoms with Gasteiger partial charge in [0.1, 0.15) is 4.88 Å². The molecule has 0 saturated carbocycles. The fraction of sp³-hybridized carbons (Fsp3) is 0.211. The number of aryl methyl sites for hydroxylation is 3. The molecule has 2 heterocycles. The second kappa shape index (κ2) is 7.44. The summed E-state index contributed by atoms with van der Waals surface area (Å²) < 4.78 is 0. The number of nitrogens with one attached hydrogen (secondary N) is 2. The van der Waals surface area contributed by atoms with Crippen molar-refractivity contribution in [3.63, 3.8) is 0 Å². The molecule has 0 bridgehead atoms. The summed E-state index contributed by atoms with van der Waals surface area (Å²) in [6, 6.07) is 9.98. The van der Waals surface area contributed by atoms with Crippen LogP contribution in [-0.4, -0.2) is 15.9 Å². The number of amides is 1. The molecule has 0 fully saturated rings. The number of hydrogen-bond donors (Lipinski definition) is 2. The van der Waals surface area contributed by atoms with E-state index >= 15 is 0 Å². The molecule has 0 aliphatic heterocycles. The zero-order chi connectivity index (χ0) is 17.8. The van der Waals surface area contributed by atoms with Crippen molar-refractivity contribution in [3.05, 3.63) is 70.0 Å². The minimum Gasteiger partial charge on any atom is -0.347 e. The van der Waals surface area contributed by atoms with Gasteiger partial charge in [0.15, 0.2) is 5.13 Å². The predicted octanol–water partition coefficient (Wildman–Crippen LogP) is 4.14. The van der Waals surface area contributed by atoms with Gasteiger partial charge >= 0.3 is 0 Å². The molecule has 5 nitrogen and oxygen atoms in total. The van der Waals surface area contributed by atoms with Crippen LogP contribution in [0.15, 0.2) is 42.7 Å². The average molecular weight is 352 g/mol. The zero-order valence-electron chi connectivity index (χ0n) is 14.5. The molecule has 0 atom stereocenters. The van der Waals surface area contributed by atoms with Crippen molar-refractivity contribution in [2.75, 3.05) is 5.32 Å². The summed E-state index contributed by atoms with van der Waals surface area (Å²) in [4.78, 5) is 21.6. The number of pyridine rings is 1. The van der Waals surface area contributed by atoms with Crippen LogP contribution < -0.4 is 10.6 Å². The Hall–Kier alpha value is -2.73. The third-order valence-electron chi connectivity index (χ3n) is 3.80. The van der Waals surface area contributed by atoms with E-state index in [-0.39, 0.29) is 5.91 Å². The molecular weight excluding hydrogens is 332 g/mol. The average Bonchev–Trinajstić information content (AvgIpc) is 2.97. The Bertz CT molecular complexity index is 890. The van der Waals surface area contributed by atoms with Crippen LogP contribution in [-0.2, 0) is 6.54 Å². The molecule has 2 aromatic heterocycles. The first-order valence-corrected chi connectivity index (χ1v) is 8.83. The molecule has 3 rings (SSSR count). The van der Waals surface area contributed by atoms with Crippen molar-refractivity contribution >= 4 is 28.1 Å². The second-order valence-electron chi connectivity index (χ2n) is 5.92. The number of benzene rings is 1. The SMILES string of the molecule is Cc1ccc(Nc2nc(C)c(C(=O)NCc3cccnc3)s2)c(C)c1. The largest absolute Gasteiger partial charge is 0.347 e. The lowest BCUT2D eigenvalue weighted by Crippen LogP contribution is -2.22. The molecule has 2 N–H and O–H groups in total. The van der Waals surface area contributed by atoms with Crippen LogP contribution in [0.5, 0.6) is 0 Å². The smallest absolute Gasteiger partial charge is 0.263 e. The van der Waals surface area contributed by atoms with Crippen molar-refractivity contribution in [2.45, 2.75) is 27.3 Å². The number of rotatable bonds is 5. The van der Waals surface area contributed by atoms with Gasteiger partial charge in [-0.1, -0.05) is 35.1 Å². The number of nitrogens with zero attached hydrogens (tertiary/aromatic N) is 2. The van der Waals surface area contributed by atoms with Gasteiger partial charge in [0, 0.05) is 24.6 Å². The molecule has 1 amide bonds. The molecule has 6 heteroatoms. The first kappa shape index (κ1) is 17.1.